The summed E-state index contributed by atoms with van der Waals surface area (Å²) < 4.78 is 73.9. The van der Waals surface area contributed by atoms with Crippen LogP contribution in [0.1, 0.15) is 63.5 Å². The maximum Gasteiger partial charge on any atom is 0.420 e. The molecule has 0 aromatic carbocycles. The summed E-state index contributed by atoms with van der Waals surface area (Å²) in [6, 6.07) is 1.34. The SMILES string of the molecule is COC(=O)c1nccc(NC(=O)c2c(C(F)(F)F)c(C)nn2CC2CCC(F)(F)CC2)c1C. The normalized spacial score (nSPS) is 16.5. The summed E-state index contributed by atoms with van der Waals surface area (Å²) in [7, 11) is 1.15. The Morgan fingerprint density at radius 1 is 1.24 bits per heavy atom. The lowest BCUT2D eigenvalue weighted by Gasteiger charge is -2.28. The van der Waals surface area contributed by atoms with Crippen LogP contribution in [0.15, 0.2) is 12.3 Å². The van der Waals surface area contributed by atoms with Crippen molar-refractivity contribution in [2.24, 2.45) is 5.92 Å². The number of anilines is 1. The van der Waals surface area contributed by atoms with Gasteiger partial charge in [-0.2, -0.15) is 18.3 Å². The van der Waals surface area contributed by atoms with Gasteiger partial charge in [0.2, 0.25) is 5.92 Å². The first kappa shape index (κ1) is 24.6. The number of alkyl halides is 5. The number of halogens is 5. The molecular weight excluding hydrogens is 451 g/mol. The van der Waals surface area contributed by atoms with Crippen molar-refractivity contribution in [2.45, 2.75) is 58.2 Å². The number of pyridine rings is 1. The molecule has 1 saturated carbocycles. The van der Waals surface area contributed by atoms with Crippen LogP contribution in [0.3, 0.4) is 0 Å². The molecule has 12 heteroatoms. The lowest BCUT2D eigenvalue weighted by atomic mass is 9.87. The van der Waals surface area contributed by atoms with Gasteiger partial charge in [-0.15, -0.1) is 0 Å². The third-order valence-corrected chi connectivity index (χ3v) is 5.72. The van der Waals surface area contributed by atoms with Crippen molar-refractivity contribution in [3.63, 3.8) is 0 Å². The molecule has 0 aliphatic heterocycles. The molecule has 1 fully saturated rings. The number of amides is 1. The minimum atomic E-state index is -4.86. The van der Waals surface area contributed by atoms with E-state index in [0.29, 0.717) is 0 Å². The Hall–Kier alpha value is -3.05. The molecule has 7 nitrogen and oxygen atoms in total. The average Bonchev–Trinajstić information content (AvgIpc) is 3.06. The number of aryl methyl sites for hydroxylation is 1. The zero-order valence-corrected chi connectivity index (χ0v) is 18.2. The molecule has 1 amide bonds. The maximum atomic E-state index is 13.8. The molecule has 180 valence electrons. The lowest BCUT2D eigenvalue weighted by Crippen LogP contribution is -2.29. The van der Waals surface area contributed by atoms with E-state index in [1.54, 1.807) is 0 Å². The number of ether oxygens (including phenoxy) is 1. The number of hydrogen-bond acceptors (Lipinski definition) is 5. The molecule has 0 bridgehead atoms. The highest BCUT2D eigenvalue weighted by molar-refractivity contribution is 6.05. The van der Waals surface area contributed by atoms with Crippen LogP contribution in [0, 0.1) is 19.8 Å². The monoisotopic (exact) mass is 474 g/mol. The first-order valence-corrected chi connectivity index (χ1v) is 10.2. The Bertz CT molecular complexity index is 1050. The molecule has 0 unspecified atom stereocenters. The summed E-state index contributed by atoms with van der Waals surface area (Å²) >= 11 is 0. The van der Waals surface area contributed by atoms with Crippen molar-refractivity contribution < 1.29 is 36.3 Å². The third kappa shape index (κ3) is 5.31. The van der Waals surface area contributed by atoms with Gasteiger partial charge in [-0.25, -0.2) is 18.6 Å². The van der Waals surface area contributed by atoms with E-state index in [1.165, 1.54) is 19.2 Å². The molecular formula is C21H23F5N4O3. The van der Waals surface area contributed by atoms with Crippen LogP contribution < -0.4 is 5.32 Å². The molecule has 3 rings (SSSR count). The highest BCUT2D eigenvalue weighted by Crippen LogP contribution is 2.39. The number of esters is 1. The van der Waals surface area contributed by atoms with Gasteiger partial charge >= 0.3 is 12.1 Å². The fourth-order valence-electron chi connectivity index (χ4n) is 3.97. The van der Waals surface area contributed by atoms with Gasteiger partial charge < -0.3 is 10.1 Å². The van der Waals surface area contributed by atoms with Crippen molar-refractivity contribution in [1.82, 2.24) is 14.8 Å². The van der Waals surface area contributed by atoms with Gasteiger partial charge in [0.25, 0.3) is 5.91 Å². The number of nitrogens with one attached hydrogen (secondary N) is 1. The topological polar surface area (TPSA) is 86.1 Å². The van der Waals surface area contributed by atoms with Crippen LogP contribution in [-0.4, -0.2) is 39.7 Å². The predicted octanol–water partition coefficient (Wildman–Crippen LogP) is 4.78. The van der Waals surface area contributed by atoms with Gasteiger partial charge in [0.15, 0.2) is 5.69 Å². The smallest absolute Gasteiger partial charge is 0.420 e. The van der Waals surface area contributed by atoms with Crippen molar-refractivity contribution in [1.29, 1.82) is 0 Å². The molecule has 2 aromatic rings. The van der Waals surface area contributed by atoms with Crippen molar-refractivity contribution in [3.05, 3.63) is 40.5 Å². The predicted molar refractivity (Wildman–Crippen MR) is 107 cm³/mol. The summed E-state index contributed by atoms with van der Waals surface area (Å²) in [6.45, 7) is 2.50. The second-order valence-corrected chi connectivity index (χ2v) is 8.07. The number of carbonyl (C=O) groups excluding carboxylic acids is 2. The van der Waals surface area contributed by atoms with Gasteiger partial charge in [0, 0.05) is 36.8 Å². The van der Waals surface area contributed by atoms with Crippen molar-refractivity contribution in [3.8, 4) is 0 Å². The Kier molecular flexibility index (Phi) is 6.75. The molecule has 0 radical (unpaired) electrons. The number of rotatable bonds is 5. The second kappa shape index (κ2) is 9.06. The minimum absolute atomic E-state index is 0.0752. The molecule has 1 N–H and O–H groups in total. The molecule has 2 aromatic heterocycles. The largest absolute Gasteiger partial charge is 0.464 e. The zero-order chi connectivity index (χ0) is 24.6. The Morgan fingerprint density at radius 3 is 2.45 bits per heavy atom. The highest BCUT2D eigenvalue weighted by atomic mass is 19.4. The van der Waals surface area contributed by atoms with Gasteiger partial charge in [0.05, 0.1) is 12.8 Å². The molecule has 0 atom stereocenters. The van der Waals surface area contributed by atoms with Gasteiger partial charge in [-0.1, -0.05) is 0 Å². The van der Waals surface area contributed by atoms with E-state index < -0.39 is 40.9 Å². The third-order valence-electron chi connectivity index (χ3n) is 5.72. The van der Waals surface area contributed by atoms with Crippen molar-refractivity contribution >= 4 is 17.6 Å². The van der Waals surface area contributed by atoms with Crippen LogP contribution in [0.5, 0.6) is 0 Å². The number of carbonyl (C=O) groups is 2. The van der Waals surface area contributed by atoms with Crippen LogP contribution >= 0.6 is 0 Å². The van der Waals surface area contributed by atoms with Gasteiger partial charge in [0.1, 0.15) is 11.3 Å². The standard InChI is InChI=1S/C21H23F5N4O3/c1-11-14(6-9-27-16(11)19(32)33-3)28-18(31)17-15(21(24,25)26)12(2)29-30(17)10-13-4-7-20(22,23)8-5-13/h6,9,13H,4-5,7-8,10H2,1-3H3,(H,27,28,31). The number of methoxy groups -OCH3 is 1. The quantitative estimate of drug-likeness (QED) is 0.498. The zero-order valence-electron chi connectivity index (χ0n) is 18.2. The van der Waals surface area contributed by atoms with E-state index in [1.807, 2.05) is 0 Å². The van der Waals surface area contributed by atoms with E-state index >= 15 is 0 Å². The number of aromatic nitrogens is 3. The van der Waals surface area contributed by atoms with Crippen molar-refractivity contribution in [2.75, 3.05) is 12.4 Å². The Balaban J connectivity index is 1.96. The molecule has 0 saturated heterocycles. The fraction of sp³-hybridized carbons (Fsp3) is 0.524. The summed E-state index contributed by atoms with van der Waals surface area (Å²) in [4.78, 5) is 28.7. The van der Waals surface area contributed by atoms with Crippen LogP contribution in [0.4, 0.5) is 27.6 Å². The number of hydrogen-bond donors (Lipinski definition) is 1. The molecule has 0 spiro atoms. The minimum Gasteiger partial charge on any atom is -0.464 e. The van der Waals surface area contributed by atoms with Crippen LogP contribution in [-0.2, 0) is 17.5 Å². The summed E-state index contributed by atoms with van der Waals surface area (Å²) in [5.41, 5.74) is -2.11. The van der Waals surface area contributed by atoms with E-state index in [4.69, 9.17) is 0 Å². The molecule has 33 heavy (non-hydrogen) atoms. The summed E-state index contributed by atoms with van der Waals surface area (Å²) in [5.74, 6) is -4.99. The fourth-order valence-corrected chi connectivity index (χ4v) is 3.97. The molecule has 2 heterocycles. The summed E-state index contributed by atoms with van der Waals surface area (Å²) in [5, 5.41) is 6.31. The van der Waals surface area contributed by atoms with Gasteiger partial charge in [-0.05, 0) is 38.7 Å². The second-order valence-electron chi connectivity index (χ2n) is 8.07. The molecule has 1 aliphatic rings. The molecule has 1 aliphatic carbocycles. The lowest BCUT2D eigenvalue weighted by molar-refractivity contribution is -0.138. The Morgan fingerprint density at radius 2 is 1.88 bits per heavy atom. The maximum absolute atomic E-state index is 13.8. The summed E-state index contributed by atoms with van der Waals surface area (Å²) in [6.07, 6.45) is -4.15. The van der Waals surface area contributed by atoms with E-state index in [0.717, 1.165) is 18.7 Å². The van der Waals surface area contributed by atoms with E-state index in [2.05, 4.69) is 20.1 Å². The van der Waals surface area contributed by atoms with Crippen LogP contribution in [0.25, 0.3) is 0 Å². The van der Waals surface area contributed by atoms with E-state index in [-0.39, 0.29) is 55.1 Å². The Labute approximate surface area is 186 Å². The first-order valence-electron chi connectivity index (χ1n) is 10.2. The van der Waals surface area contributed by atoms with E-state index in [9.17, 15) is 31.5 Å². The first-order chi connectivity index (χ1) is 15.3. The highest BCUT2D eigenvalue weighted by Gasteiger charge is 2.42. The average molecular weight is 474 g/mol. The number of nitrogens with zero attached hydrogens (tertiary/aromatic N) is 3. The van der Waals surface area contributed by atoms with Crippen LogP contribution in [0.2, 0.25) is 0 Å². The van der Waals surface area contributed by atoms with Gasteiger partial charge in [-0.3, -0.25) is 9.48 Å².